The van der Waals surface area contributed by atoms with Crippen molar-refractivity contribution in [3.05, 3.63) is 53.1 Å². The van der Waals surface area contributed by atoms with E-state index >= 15 is 0 Å². The Balaban J connectivity index is 2.39. The van der Waals surface area contributed by atoms with E-state index in [9.17, 15) is 17.6 Å². The Hall–Kier alpha value is -1.93. The zero-order valence-corrected chi connectivity index (χ0v) is 10.4. The van der Waals surface area contributed by atoms with Crippen molar-refractivity contribution in [2.24, 2.45) is 12.9 Å². The fourth-order valence-electron chi connectivity index (χ4n) is 1.91. The number of aryl methyl sites for hydroxylation is 1. The first-order valence-electron chi connectivity index (χ1n) is 5.64. The van der Waals surface area contributed by atoms with Crippen LogP contribution in [-0.2, 0) is 13.2 Å². The average Bonchev–Trinajstić information content (AvgIpc) is 2.75. The maximum absolute atomic E-state index is 13.6. The molecule has 0 radical (unpaired) electrons. The van der Waals surface area contributed by atoms with Crippen LogP contribution in [0.5, 0.6) is 0 Å². The molecule has 0 spiro atoms. The second-order valence-corrected chi connectivity index (χ2v) is 4.28. The van der Waals surface area contributed by atoms with Crippen LogP contribution in [0.25, 0.3) is 0 Å². The largest absolute Gasteiger partial charge is 0.419 e. The van der Waals surface area contributed by atoms with Gasteiger partial charge in [0, 0.05) is 18.8 Å². The average molecular weight is 288 g/mol. The third kappa shape index (κ3) is 2.81. The lowest BCUT2D eigenvalue weighted by Gasteiger charge is -2.16. The van der Waals surface area contributed by atoms with Crippen LogP contribution in [0, 0.1) is 5.82 Å². The number of aromatic nitrogens is 2. The van der Waals surface area contributed by atoms with E-state index in [0.29, 0.717) is 11.6 Å². The summed E-state index contributed by atoms with van der Waals surface area (Å²) < 4.78 is 52.6. The predicted octanol–water partition coefficient (Wildman–Crippen LogP) is 2.13. The summed E-state index contributed by atoms with van der Waals surface area (Å²) in [5, 5.41) is 3.94. The molecule has 0 saturated heterocycles. The zero-order valence-electron chi connectivity index (χ0n) is 10.4. The number of nitrogens with zero attached hydrogens (tertiary/aromatic N) is 2. The van der Waals surface area contributed by atoms with E-state index in [1.807, 2.05) is 0 Å². The minimum atomic E-state index is -4.72. The Morgan fingerprint density at radius 1 is 1.30 bits per heavy atom. The summed E-state index contributed by atoms with van der Waals surface area (Å²) in [6.45, 7) is 0. The number of nitrogens with one attached hydrogen (secondary N) is 1. The van der Waals surface area contributed by atoms with Gasteiger partial charge in [0.05, 0.1) is 17.8 Å². The van der Waals surface area contributed by atoms with Gasteiger partial charge in [-0.1, -0.05) is 6.07 Å². The molecule has 1 heterocycles. The molecule has 2 rings (SSSR count). The molecular formula is C12H12F4N4. The molecule has 4 nitrogen and oxygen atoms in total. The minimum absolute atomic E-state index is 0.283. The van der Waals surface area contributed by atoms with Gasteiger partial charge in [-0.25, -0.2) is 9.82 Å². The Labute approximate surface area is 112 Å². The van der Waals surface area contributed by atoms with E-state index in [1.54, 1.807) is 13.2 Å². The quantitative estimate of drug-likeness (QED) is 0.517. The Kier molecular flexibility index (Phi) is 3.78. The van der Waals surface area contributed by atoms with E-state index < -0.39 is 23.6 Å². The smallest absolute Gasteiger partial charge is 0.275 e. The molecule has 3 N–H and O–H groups in total. The van der Waals surface area contributed by atoms with E-state index in [4.69, 9.17) is 5.84 Å². The van der Waals surface area contributed by atoms with E-state index in [2.05, 4.69) is 10.5 Å². The van der Waals surface area contributed by atoms with Crippen LogP contribution in [0.4, 0.5) is 17.6 Å². The summed E-state index contributed by atoms with van der Waals surface area (Å²) in [7, 11) is 1.68. The molecule has 0 aliphatic carbocycles. The number of hydrogen-bond donors (Lipinski definition) is 2. The summed E-state index contributed by atoms with van der Waals surface area (Å²) >= 11 is 0. The topological polar surface area (TPSA) is 55.9 Å². The molecule has 1 atom stereocenters. The molecule has 20 heavy (non-hydrogen) atoms. The van der Waals surface area contributed by atoms with Crippen molar-refractivity contribution >= 4 is 0 Å². The first-order valence-corrected chi connectivity index (χ1v) is 5.64. The minimum Gasteiger partial charge on any atom is -0.275 e. The molecule has 0 saturated carbocycles. The van der Waals surface area contributed by atoms with Crippen molar-refractivity contribution in [1.82, 2.24) is 15.2 Å². The number of halogens is 4. The lowest BCUT2D eigenvalue weighted by Crippen LogP contribution is -2.28. The highest BCUT2D eigenvalue weighted by molar-refractivity contribution is 5.33. The lowest BCUT2D eigenvalue weighted by atomic mass is 10.0. The van der Waals surface area contributed by atoms with E-state index in [1.165, 1.54) is 16.9 Å². The number of benzene rings is 1. The third-order valence-electron chi connectivity index (χ3n) is 2.86. The number of rotatable bonds is 3. The maximum atomic E-state index is 13.6. The number of alkyl halides is 3. The van der Waals surface area contributed by atoms with Gasteiger partial charge in [-0.15, -0.1) is 0 Å². The van der Waals surface area contributed by atoms with E-state index in [0.717, 1.165) is 6.07 Å². The van der Waals surface area contributed by atoms with Crippen LogP contribution < -0.4 is 11.3 Å². The van der Waals surface area contributed by atoms with Crippen molar-refractivity contribution in [3.8, 4) is 0 Å². The van der Waals surface area contributed by atoms with Crippen LogP contribution in [-0.4, -0.2) is 9.78 Å². The van der Waals surface area contributed by atoms with Crippen molar-refractivity contribution in [2.75, 3.05) is 0 Å². The van der Waals surface area contributed by atoms with Crippen LogP contribution in [0.3, 0.4) is 0 Å². The molecule has 1 aromatic carbocycles. The van der Waals surface area contributed by atoms with Gasteiger partial charge in [-0.2, -0.15) is 18.3 Å². The molecule has 108 valence electrons. The molecule has 0 aliphatic rings. The predicted molar refractivity (Wildman–Crippen MR) is 63.8 cm³/mol. The van der Waals surface area contributed by atoms with Crippen molar-refractivity contribution in [2.45, 2.75) is 12.2 Å². The van der Waals surface area contributed by atoms with E-state index in [-0.39, 0.29) is 5.56 Å². The fraction of sp³-hybridized carbons (Fsp3) is 0.250. The molecular weight excluding hydrogens is 276 g/mol. The van der Waals surface area contributed by atoms with Crippen molar-refractivity contribution < 1.29 is 17.6 Å². The van der Waals surface area contributed by atoms with Crippen LogP contribution in [0.1, 0.15) is 22.7 Å². The molecule has 1 aromatic heterocycles. The van der Waals surface area contributed by atoms with Crippen LogP contribution in [0.15, 0.2) is 30.6 Å². The van der Waals surface area contributed by atoms with Crippen molar-refractivity contribution in [1.29, 1.82) is 0 Å². The Morgan fingerprint density at radius 3 is 2.45 bits per heavy atom. The van der Waals surface area contributed by atoms with Gasteiger partial charge in [0.2, 0.25) is 0 Å². The zero-order chi connectivity index (χ0) is 14.9. The third-order valence-corrected chi connectivity index (χ3v) is 2.86. The normalized spacial score (nSPS) is 13.5. The first kappa shape index (κ1) is 14.5. The SMILES string of the molecule is Cn1cc(C(NN)c2ccc(C(F)(F)F)c(F)c2)cn1. The highest BCUT2D eigenvalue weighted by atomic mass is 19.4. The summed E-state index contributed by atoms with van der Waals surface area (Å²) in [5.74, 6) is 4.05. The highest BCUT2D eigenvalue weighted by Crippen LogP contribution is 2.33. The van der Waals surface area contributed by atoms with Gasteiger partial charge >= 0.3 is 6.18 Å². The van der Waals surface area contributed by atoms with Gasteiger partial charge in [0.15, 0.2) is 0 Å². The maximum Gasteiger partial charge on any atom is 0.419 e. The Bertz CT molecular complexity index is 606. The second kappa shape index (κ2) is 5.22. The standard InChI is InChI=1S/C12H12F4N4/c1-20-6-8(5-18-20)11(19-17)7-2-3-9(10(13)4-7)12(14,15)16/h2-6,11,19H,17H2,1H3. The fourth-order valence-corrected chi connectivity index (χ4v) is 1.91. The van der Waals surface area contributed by atoms with Gasteiger partial charge < -0.3 is 0 Å². The molecule has 0 bridgehead atoms. The monoisotopic (exact) mass is 288 g/mol. The lowest BCUT2D eigenvalue weighted by molar-refractivity contribution is -0.140. The molecule has 2 aromatic rings. The van der Waals surface area contributed by atoms with Gasteiger partial charge in [-0.05, 0) is 17.7 Å². The summed E-state index contributed by atoms with van der Waals surface area (Å²) in [4.78, 5) is 0. The molecule has 1 unspecified atom stereocenters. The summed E-state index contributed by atoms with van der Waals surface area (Å²) in [6, 6.07) is 2.07. The Morgan fingerprint density at radius 2 is 2.00 bits per heavy atom. The van der Waals surface area contributed by atoms with Gasteiger partial charge in [0.25, 0.3) is 0 Å². The van der Waals surface area contributed by atoms with Gasteiger partial charge in [0.1, 0.15) is 5.82 Å². The number of hydrogen-bond acceptors (Lipinski definition) is 3. The molecule has 0 fully saturated rings. The summed E-state index contributed by atoms with van der Waals surface area (Å²) in [6.07, 6.45) is -1.58. The van der Waals surface area contributed by atoms with Crippen LogP contribution >= 0.6 is 0 Å². The molecule has 8 heteroatoms. The number of nitrogens with two attached hydrogens (primary N) is 1. The first-order chi connectivity index (χ1) is 9.32. The number of hydrazine groups is 1. The molecule has 0 aliphatic heterocycles. The molecule has 0 amide bonds. The summed E-state index contributed by atoms with van der Waals surface area (Å²) in [5.41, 5.74) is 2.03. The second-order valence-electron chi connectivity index (χ2n) is 4.28. The van der Waals surface area contributed by atoms with Gasteiger partial charge in [-0.3, -0.25) is 10.5 Å². The van der Waals surface area contributed by atoms with Crippen molar-refractivity contribution in [3.63, 3.8) is 0 Å². The van der Waals surface area contributed by atoms with Crippen LogP contribution in [0.2, 0.25) is 0 Å². The highest BCUT2D eigenvalue weighted by Gasteiger charge is 2.34.